The van der Waals surface area contributed by atoms with Crippen LogP contribution in [-0.2, 0) is 25.8 Å². The van der Waals surface area contributed by atoms with Crippen LogP contribution in [0.25, 0.3) is 0 Å². The van der Waals surface area contributed by atoms with Gasteiger partial charge in [0, 0.05) is 26.3 Å². The molecule has 0 spiro atoms. The number of benzene rings is 1. The maximum Gasteiger partial charge on any atom is 0.227 e. The molecule has 1 amide bonds. The normalized spacial score (nSPS) is 19.4. The number of halogens is 2. The fraction of sp³-hybridized carbons (Fsp3) is 0.562. The largest absolute Gasteiger partial charge is 0.385 e. The summed E-state index contributed by atoms with van der Waals surface area (Å²) >= 11 is 3.11. The maximum atomic E-state index is 13.3. The molecular weight excluding hydrogens is 401 g/mol. The summed E-state index contributed by atoms with van der Waals surface area (Å²) in [4.78, 5) is 14.3. The number of hydrogen-bond donors (Lipinski definition) is 0. The predicted octanol–water partition coefficient (Wildman–Crippen LogP) is 2.18. The van der Waals surface area contributed by atoms with E-state index in [2.05, 4.69) is 15.9 Å². The molecule has 0 radical (unpaired) electrons. The van der Waals surface area contributed by atoms with Crippen molar-refractivity contribution >= 4 is 31.7 Å². The van der Waals surface area contributed by atoms with Gasteiger partial charge in [-0.05, 0) is 46.5 Å². The first-order valence-electron chi connectivity index (χ1n) is 7.75. The van der Waals surface area contributed by atoms with Gasteiger partial charge in [0.1, 0.15) is 5.82 Å². The number of methoxy groups -OCH3 is 1. The van der Waals surface area contributed by atoms with Gasteiger partial charge < -0.3 is 9.64 Å². The maximum absolute atomic E-state index is 13.3. The summed E-state index contributed by atoms with van der Waals surface area (Å²) in [6.07, 6.45) is 1.22. The zero-order valence-electron chi connectivity index (χ0n) is 13.5. The number of nitrogens with zero attached hydrogens (tertiary/aromatic N) is 1. The molecule has 1 aliphatic heterocycles. The Morgan fingerprint density at radius 2 is 2.21 bits per heavy atom. The van der Waals surface area contributed by atoms with Crippen LogP contribution in [0.5, 0.6) is 0 Å². The van der Waals surface area contributed by atoms with E-state index in [1.54, 1.807) is 24.1 Å². The van der Waals surface area contributed by atoms with Gasteiger partial charge in [-0.3, -0.25) is 4.79 Å². The van der Waals surface area contributed by atoms with E-state index in [0.29, 0.717) is 36.0 Å². The molecule has 1 atom stereocenters. The summed E-state index contributed by atoms with van der Waals surface area (Å²) in [5.74, 6) is -0.399. The number of carbonyl (C=O) groups is 1. The van der Waals surface area contributed by atoms with Crippen LogP contribution in [0.2, 0.25) is 0 Å². The van der Waals surface area contributed by atoms with Crippen molar-refractivity contribution in [3.05, 3.63) is 34.1 Å². The fourth-order valence-corrected chi connectivity index (χ4v) is 4.99. The Morgan fingerprint density at radius 3 is 2.79 bits per heavy atom. The van der Waals surface area contributed by atoms with Gasteiger partial charge in [0.15, 0.2) is 9.84 Å². The minimum Gasteiger partial charge on any atom is -0.385 e. The van der Waals surface area contributed by atoms with E-state index >= 15 is 0 Å². The molecule has 2 rings (SSSR count). The number of ether oxygens (including phenoxy) is 1. The minimum atomic E-state index is -3.07. The number of rotatable bonds is 7. The molecule has 0 N–H and O–H groups in total. The van der Waals surface area contributed by atoms with Crippen LogP contribution in [-0.4, -0.2) is 57.0 Å². The zero-order valence-corrected chi connectivity index (χ0v) is 15.9. The smallest absolute Gasteiger partial charge is 0.227 e. The van der Waals surface area contributed by atoms with Crippen molar-refractivity contribution in [3.8, 4) is 0 Å². The third-order valence-electron chi connectivity index (χ3n) is 4.06. The van der Waals surface area contributed by atoms with Gasteiger partial charge in [-0.25, -0.2) is 12.8 Å². The Kier molecular flexibility index (Phi) is 6.77. The summed E-state index contributed by atoms with van der Waals surface area (Å²) in [5, 5.41) is 0. The van der Waals surface area contributed by atoms with Crippen molar-refractivity contribution < 1.29 is 22.3 Å². The molecule has 1 heterocycles. The first-order valence-corrected chi connectivity index (χ1v) is 10.4. The van der Waals surface area contributed by atoms with Gasteiger partial charge in [0.05, 0.1) is 22.4 Å². The highest BCUT2D eigenvalue weighted by molar-refractivity contribution is 9.10. The molecule has 24 heavy (non-hydrogen) atoms. The van der Waals surface area contributed by atoms with E-state index in [4.69, 9.17) is 4.74 Å². The van der Waals surface area contributed by atoms with E-state index in [9.17, 15) is 17.6 Å². The lowest BCUT2D eigenvalue weighted by Crippen LogP contribution is -2.42. The van der Waals surface area contributed by atoms with E-state index in [0.717, 1.165) is 0 Å². The van der Waals surface area contributed by atoms with E-state index in [-0.39, 0.29) is 35.7 Å². The van der Waals surface area contributed by atoms with Crippen LogP contribution in [0.4, 0.5) is 4.39 Å². The van der Waals surface area contributed by atoms with E-state index in [1.165, 1.54) is 6.07 Å². The van der Waals surface area contributed by atoms with Crippen LogP contribution in [0.1, 0.15) is 18.4 Å². The number of carbonyl (C=O) groups excluding carboxylic acids is 1. The topological polar surface area (TPSA) is 63.7 Å². The molecule has 0 aromatic heterocycles. The quantitative estimate of drug-likeness (QED) is 0.632. The molecule has 5 nitrogen and oxygen atoms in total. The second-order valence-corrected chi connectivity index (χ2v) is 9.00. The Balaban J connectivity index is 2.09. The lowest BCUT2D eigenvalue weighted by atomic mass is 10.1. The zero-order chi connectivity index (χ0) is 17.7. The molecule has 8 heteroatoms. The highest BCUT2D eigenvalue weighted by atomic mass is 79.9. The molecule has 1 aliphatic rings. The third-order valence-corrected chi connectivity index (χ3v) is 6.41. The Labute approximate surface area is 150 Å². The van der Waals surface area contributed by atoms with Crippen molar-refractivity contribution in [2.45, 2.75) is 25.3 Å². The molecule has 0 bridgehead atoms. The van der Waals surface area contributed by atoms with Crippen LogP contribution < -0.4 is 0 Å². The molecule has 1 aromatic rings. The van der Waals surface area contributed by atoms with Crippen LogP contribution in [0.15, 0.2) is 22.7 Å². The van der Waals surface area contributed by atoms with Crippen LogP contribution in [0.3, 0.4) is 0 Å². The van der Waals surface area contributed by atoms with Gasteiger partial charge in [-0.15, -0.1) is 0 Å². The average molecular weight is 422 g/mol. The molecule has 1 aromatic carbocycles. The standard InChI is InChI=1S/C16H21BrFNO4S/c1-23-7-2-6-19(13-5-8-24(21,22)11-13)16(20)10-12-3-4-15(18)14(17)9-12/h3-4,9,13H,2,5-8,10-11H2,1H3/t13-/m1/s1. The number of hydrogen-bond acceptors (Lipinski definition) is 4. The molecule has 0 saturated carbocycles. The average Bonchev–Trinajstić information content (AvgIpc) is 2.87. The highest BCUT2D eigenvalue weighted by Crippen LogP contribution is 2.21. The lowest BCUT2D eigenvalue weighted by Gasteiger charge is -2.28. The Bertz CT molecular complexity index is 695. The number of sulfone groups is 1. The second kappa shape index (κ2) is 8.40. The van der Waals surface area contributed by atoms with E-state index < -0.39 is 9.84 Å². The molecule has 0 unspecified atom stereocenters. The summed E-state index contributed by atoms with van der Waals surface area (Å²) in [6, 6.07) is 4.16. The summed E-state index contributed by atoms with van der Waals surface area (Å²) < 4.78 is 42.1. The van der Waals surface area contributed by atoms with Gasteiger partial charge in [-0.1, -0.05) is 6.07 Å². The molecule has 134 valence electrons. The predicted molar refractivity (Wildman–Crippen MR) is 93.1 cm³/mol. The van der Waals surface area contributed by atoms with Gasteiger partial charge >= 0.3 is 0 Å². The SMILES string of the molecule is COCCCN(C(=O)Cc1ccc(F)c(Br)c1)[C@@H]1CCS(=O)(=O)C1. The summed E-state index contributed by atoms with van der Waals surface area (Å²) in [5.41, 5.74) is 0.686. The van der Waals surface area contributed by atoms with Crippen molar-refractivity contribution in [3.63, 3.8) is 0 Å². The Morgan fingerprint density at radius 1 is 1.46 bits per heavy atom. The van der Waals surface area contributed by atoms with Gasteiger partial charge in [0.25, 0.3) is 0 Å². The first-order chi connectivity index (χ1) is 11.3. The minimum absolute atomic E-state index is 0.0127. The third kappa shape index (κ3) is 5.26. The molecule has 1 fully saturated rings. The highest BCUT2D eigenvalue weighted by Gasteiger charge is 2.34. The van der Waals surface area contributed by atoms with Crippen molar-refractivity contribution in [2.75, 3.05) is 31.8 Å². The van der Waals surface area contributed by atoms with Gasteiger partial charge in [-0.2, -0.15) is 0 Å². The molecular formula is C16H21BrFNO4S. The van der Waals surface area contributed by atoms with Gasteiger partial charge in [0.2, 0.25) is 5.91 Å². The summed E-state index contributed by atoms with van der Waals surface area (Å²) in [7, 11) is -1.49. The van der Waals surface area contributed by atoms with E-state index in [1.807, 2.05) is 0 Å². The monoisotopic (exact) mass is 421 g/mol. The summed E-state index contributed by atoms with van der Waals surface area (Å²) in [6.45, 7) is 0.959. The molecule has 1 saturated heterocycles. The fourth-order valence-electron chi connectivity index (χ4n) is 2.84. The van der Waals surface area contributed by atoms with Crippen LogP contribution >= 0.6 is 15.9 Å². The second-order valence-electron chi connectivity index (χ2n) is 5.92. The van der Waals surface area contributed by atoms with Crippen molar-refractivity contribution in [2.24, 2.45) is 0 Å². The number of amides is 1. The van der Waals surface area contributed by atoms with Crippen molar-refractivity contribution in [1.29, 1.82) is 0 Å². The van der Waals surface area contributed by atoms with Crippen molar-refractivity contribution in [1.82, 2.24) is 4.90 Å². The lowest BCUT2D eigenvalue weighted by molar-refractivity contribution is -0.132. The van der Waals surface area contributed by atoms with Crippen LogP contribution in [0, 0.1) is 5.82 Å². The molecule has 0 aliphatic carbocycles. The Hall–Kier alpha value is -0.990. The first kappa shape index (κ1) is 19.3.